The van der Waals surface area contributed by atoms with Crippen LogP contribution in [-0.4, -0.2) is 60.1 Å². The summed E-state index contributed by atoms with van der Waals surface area (Å²) in [7, 11) is 0. The molecule has 4 rings (SSSR count). The predicted molar refractivity (Wildman–Crippen MR) is 127 cm³/mol. The van der Waals surface area contributed by atoms with Crippen LogP contribution in [0.3, 0.4) is 0 Å². The average Bonchev–Trinajstić information content (AvgIpc) is 3.21. The molecule has 2 aromatic rings. The topological polar surface area (TPSA) is 83.6 Å². The molecular weight excluding hydrogens is 416 g/mol. The van der Waals surface area contributed by atoms with E-state index in [4.69, 9.17) is 4.74 Å². The summed E-state index contributed by atoms with van der Waals surface area (Å²) in [4.78, 5) is 31.5. The van der Waals surface area contributed by atoms with E-state index in [1.165, 1.54) is 11.1 Å². The number of carbonyl (C=O) groups excluding carboxylic acids is 2. The molecule has 176 valence electrons. The number of rotatable bonds is 9. The molecule has 0 aliphatic carbocycles. The van der Waals surface area contributed by atoms with Gasteiger partial charge < -0.3 is 15.4 Å². The summed E-state index contributed by atoms with van der Waals surface area (Å²) in [5.74, 6) is 0.0908. The standard InChI is InChI=1S/C26H34N4O3/c1-20-4-6-21(7-5-20)17-26(11-9-25(32)29-26)10-8-24(31)28-19-23(22-3-2-12-27-18-22)30-13-15-33-16-14-30/h2-7,12,18,23H,8-11,13-17,19H2,1H3,(H,28,31)(H,29,32). The van der Waals surface area contributed by atoms with E-state index in [2.05, 4.69) is 57.8 Å². The largest absolute Gasteiger partial charge is 0.379 e. The third kappa shape index (κ3) is 6.39. The lowest BCUT2D eigenvalue weighted by molar-refractivity contribution is -0.123. The van der Waals surface area contributed by atoms with Crippen LogP contribution >= 0.6 is 0 Å². The Labute approximate surface area is 195 Å². The van der Waals surface area contributed by atoms with E-state index in [1.54, 1.807) is 6.20 Å². The van der Waals surface area contributed by atoms with Gasteiger partial charge in [-0.25, -0.2) is 0 Å². The van der Waals surface area contributed by atoms with Crippen LogP contribution in [0.25, 0.3) is 0 Å². The van der Waals surface area contributed by atoms with Crippen LogP contribution in [0.4, 0.5) is 0 Å². The minimum absolute atomic E-state index is 0.0154. The Kier molecular flexibility index (Phi) is 7.73. The number of aryl methyl sites for hydroxylation is 1. The predicted octanol–water partition coefficient (Wildman–Crippen LogP) is 2.55. The van der Waals surface area contributed by atoms with Gasteiger partial charge in [-0.05, 0) is 43.4 Å². The van der Waals surface area contributed by atoms with Crippen molar-refractivity contribution in [2.45, 2.75) is 50.6 Å². The molecule has 2 unspecified atom stereocenters. The van der Waals surface area contributed by atoms with Crippen molar-refractivity contribution in [3.05, 3.63) is 65.5 Å². The lowest BCUT2D eigenvalue weighted by atomic mass is 9.84. The summed E-state index contributed by atoms with van der Waals surface area (Å²) in [5, 5.41) is 6.32. The van der Waals surface area contributed by atoms with Gasteiger partial charge in [0.1, 0.15) is 0 Å². The van der Waals surface area contributed by atoms with Crippen molar-refractivity contribution in [3.63, 3.8) is 0 Å². The Hall–Kier alpha value is -2.77. The molecule has 2 amide bonds. The molecule has 7 nitrogen and oxygen atoms in total. The van der Waals surface area contributed by atoms with Crippen molar-refractivity contribution in [1.82, 2.24) is 20.5 Å². The van der Waals surface area contributed by atoms with Crippen LogP contribution in [0.15, 0.2) is 48.8 Å². The first-order valence-corrected chi connectivity index (χ1v) is 11.9. The van der Waals surface area contributed by atoms with Crippen LogP contribution in [0.2, 0.25) is 0 Å². The molecule has 2 aliphatic heterocycles. The van der Waals surface area contributed by atoms with Crippen LogP contribution in [-0.2, 0) is 20.7 Å². The van der Waals surface area contributed by atoms with E-state index in [-0.39, 0.29) is 23.4 Å². The molecule has 0 saturated carbocycles. The zero-order valence-corrected chi connectivity index (χ0v) is 19.4. The van der Waals surface area contributed by atoms with Crippen LogP contribution < -0.4 is 10.6 Å². The smallest absolute Gasteiger partial charge is 0.220 e. The zero-order chi connectivity index (χ0) is 23.1. The Bertz CT molecular complexity index is 928. The number of nitrogens with zero attached hydrogens (tertiary/aromatic N) is 2. The van der Waals surface area contributed by atoms with Gasteiger partial charge in [0, 0.05) is 50.4 Å². The van der Waals surface area contributed by atoms with Gasteiger partial charge in [-0.15, -0.1) is 0 Å². The highest BCUT2D eigenvalue weighted by Gasteiger charge is 2.38. The fourth-order valence-corrected chi connectivity index (χ4v) is 4.85. The molecule has 0 bridgehead atoms. The Balaban J connectivity index is 1.36. The van der Waals surface area contributed by atoms with Gasteiger partial charge in [0.25, 0.3) is 0 Å². The van der Waals surface area contributed by atoms with Gasteiger partial charge in [-0.3, -0.25) is 19.5 Å². The van der Waals surface area contributed by atoms with Crippen LogP contribution in [0.1, 0.15) is 48.4 Å². The highest BCUT2D eigenvalue weighted by Crippen LogP contribution is 2.30. The second kappa shape index (κ2) is 10.9. The van der Waals surface area contributed by atoms with Crippen molar-refractivity contribution in [2.75, 3.05) is 32.8 Å². The van der Waals surface area contributed by atoms with Gasteiger partial charge >= 0.3 is 0 Å². The quantitative estimate of drug-likeness (QED) is 0.614. The number of ether oxygens (including phenoxy) is 1. The van der Waals surface area contributed by atoms with E-state index in [1.807, 2.05) is 12.3 Å². The number of pyridine rings is 1. The maximum atomic E-state index is 12.9. The molecule has 0 spiro atoms. The normalized spacial score (nSPS) is 22.0. The first kappa shape index (κ1) is 23.4. The number of carbonyl (C=O) groups is 2. The minimum atomic E-state index is -0.351. The molecule has 2 atom stereocenters. The molecular formula is C26H34N4O3. The number of nitrogens with one attached hydrogen (secondary N) is 2. The Morgan fingerprint density at radius 1 is 1.24 bits per heavy atom. The monoisotopic (exact) mass is 450 g/mol. The van der Waals surface area contributed by atoms with Gasteiger partial charge in [0.2, 0.25) is 11.8 Å². The third-order valence-electron chi connectivity index (χ3n) is 6.78. The fourth-order valence-electron chi connectivity index (χ4n) is 4.85. The molecule has 33 heavy (non-hydrogen) atoms. The Morgan fingerprint density at radius 3 is 2.70 bits per heavy atom. The van der Waals surface area contributed by atoms with Crippen molar-refractivity contribution in [2.24, 2.45) is 0 Å². The maximum absolute atomic E-state index is 12.9. The first-order valence-electron chi connectivity index (χ1n) is 11.9. The summed E-state index contributed by atoms with van der Waals surface area (Å²) < 4.78 is 5.50. The van der Waals surface area contributed by atoms with E-state index >= 15 is 0 Å². The second-order valence-electron chi connectivity index (χ2n) is 9.25. The number of benzene rings is 1. The number of morpholine rings is 1. The van der Waals surface area contributed by atoms with Gasteiger partial charge in [-0.2, -0.15) is 0 Å². The summed E-state index contributed by atoms with van der Waals surface area (Å²) in [6.45, 7) is 5.67. The Morgan fingerprint density at radius 2 is 2.03 bits per heavy atom. The minimum Gasteiger partial charge on any atom is -0.379 e. The SMILES string of the molecule is Cc1ccc(CC2(CCC(=O)NCC(c3cccnc3)N3CCOCC3)CCC(=O)N2)cc1. The van der Waals surface area contributed by atoms with E-state index in [0.29, 0.717) is 39.0 Å². The molecule has 2 saturated heterocycles. The number of amides is 2. The van der Waals surface area contributed by atoms with Gasteiger partial charge in [0.15, 0.2) is 0 Å². The van der Waals surface area contributed by atoms with Crippen molar-refractivity contribution in [3.8, 4) is 0 Å². The molecule has 1 aromatic carbocycles. The van der Waals surface area contributed by atoms with Crippen molar-refractivity contribution in [1.29, 1.82) is 0 Å². The van der Waals surface area contributed by atoms with Gasteiger partial charge in [-0.1, -0.05) is 35.9 Å². The molecule has 2 fully saturated rings. The first-order chi connectivity index (χ1) is 16.0. The average molecular weight is 451 g/mol. The molecule has 2 aliphatic rings. The van der Waals surface area contributed by atoms with Crippen LogP contribution in [0.5, 0.6) is 0 Å². The molecule has 2 N–H and O–H groups in total. The maximum Gasteiger partial charge on any atom is 0.220 e. The highest BCUT2D eigenvalue weighted by molar-refractivity contribution is 5.80. The number of hydrogen-bond donors (Lipinski definition) is 2. The van der Waals surface area contributed by atoms with E-state index < -0.39 is 0 Å². The summed E-state index contributed by atoms with van der Waals surface area (Å²) in [6, 6.07) is 12.5. The lowest BCUT2D eigenvalue weighted by Crippen LogP contribution is -2.46. The third-order valence-corrected chi connectivity index (χ3v) is 6.78. The summed E-state index contributed by atoms with van der Waals surface area (Å²) >= 11 is 0. The van der Waals surface area contributed by atoms with Crippen LogP contribution in [0, 0.1) is 6.92 Å². The summed E-state index contributed by atoms with van der Waals surface area (Å²) in [6.07, 6.45) is 6.69. The number of aromatic nitrogens is 1. The van der Waals surface area contributed by atoms with E-state index in [9.17, 15) is 9.59 Å². The second-order valence-corrected chi connectivity index (χ2v) is 9.25. The lowest BCUT2D eigenvalue weighted by Gasteiger charge is -2.35. The highest BCUT2D eigenvalue weighted by atomic mass is 16.5. The fraction of sp³-hybridized carbons (Fsp3) is 0.500. The van der Waals surface area contributed by atoms with Crippen molar-refractivity contribution >= 4 is 11.8 Å². The molecule has 1 aromatic heterocycles. The van der Waals surface area contributed by atoms with Gasteiger partial charge in [0.05, 0.1) is 19.3 Å². The number of hydrogen-bond acceptors (Lipinski definition) is 5. The molecule has 7 heteroatoms. The molecule has 3 heterocycles. The zero-order valence-electron chi connectivity index (χ0n) is 19.4. The van der Waals surface area contributed by atoms with E-state index in [0.717, 1.165) is 31.5 Å². The summed E-state index contributed by atoms with van der Waals surface area (Å²) in [5.41, 5.74) is 3.15. The molecule has 0 radical (unpaired) electrons. The van der Waals surface area contributed by atoms with Crippen molar-refractivity contribution < 1.29 is 14.3 Å².